The van der Waals surface area contributed by atoms with Crippen LogP contribution >= 0.6 is 11.8 Å². The van der Waals surface area contributed by atoms with Gasteiger partial charge in [-0.05, 0) is 43.3 Å². The van der Waals surface area contributed by atoms with Gasteiger partial charge in [0.15, 0.2) is 0 Å². The molecule has 0 saturated carbocycles. The number of nitrogens with two attached hydrogens (primary N) is 2. The van der Waals surface area contributed by atoms with Crippen molar-refractivity contribution in [1.29, 1.82) is 0 Å². The Kier molecular flexibility index (Phi) is 8.66. The van der Waals surface area contributed by atoms with Crippen molar-refractivity contribution in [2.75, 3.05) is 7.11 Å². The summed E-state index contributed by atoms with van der Waals surface area (Å²) in [6, 6.07) is 7.73. The molecule has 4 N–H and O–H groups in total. The molecule has 0 atom stereocenters. The third-order valence-electron chi connectivity index (χ3n) is 1.81. The maximum absolute atomic E-state index is 5.82. The Bertz CT molecular complexity index is 393. The van der Waals surface area contributed by atoms with Crippen LogP contribution in [0.4, 0.5) is 0 Å². The van der Waals surface area contributed by atoms with Gasteiger partial charge in [-0.25, -0.2) is 0 Å². The number of hydrogen-bond acceptors (Lipinski definition) is 4. The second-order valence-corrected chi connectivity index (χ2v) is 4.40. The Labute approximate surface area is 114 Å². The predicted molar refractivity (Wildman–Crippen MR) is 80.4 cm³/mol. The molecule has 1 rings (SSSR count). The number of rotatable bonds is 4. The minimum Gasteiger partial charge on any atom is -0.497 e. The summed E-state index contributed by atoms with van der Waals surface area (Å²) in [7, 11) is 1.64. The average molecular weight is 266 g/mol. The van der Waals surface area contributed by atoms with Crippen LogP contribution in [0.1, 0.15) is 20.8 Å². The van der Waals surface area contributed by atoms with Crippen molar-refractivity contribution in [2.45, 2.75) is 25.7 Å². The molecule has 0 aliphatic carbocycles. The van der Waals surface area contributed by atoms with Crippen molar-refractivity contribution in [3.63, 3.8) is 0 Å². The fourth-order valence-electron chi connectivity index (χ4n) is 1.03. The first kappa shape index (κ1) is 16.4. The van der Waals surface area contributed by atoms with Gasteiger partial charge in [-0.15, -0.1) is 0 Å². The number of methoxy groups -OCH3 is 1. The zero-order chi connectivity index (χ0) is 14.0. The molecule has 0 spiro atoms. The highest BCUT2D eigenvalue weighted by Crippen LogP contribution is 2.25. The molecule has 100 valence electrons. The summed E-state index contributed by atoms with van der Waals surface area (Å²) in [6.45, 7) is 5.82. The van der Waals surface area contributed by atoms with E-state index in [4.69, 9.17) is 16.2 Å². The van der Waals surface area contributed by atoms with Crippen molar-refractivity contribution < 1.29 is 4.74 Å². The van der Waals surface area contributed by atoms with E-state index in [9.17, 15) is 0 Å². The lowest BCUT2D eigenvalue weighted by molar-refractivity contribution is 0.414. The van der Waals surface area contributed by atoms with Gasteiger partial charge in [-0.3, -0.25) is 0 Å². The average Bonchev–Trinajstić information content (AvgIpc) is 2.39. The topological polar surface area (TPSA) is 61.3 Å². The van der Waals surface area contributed by atoms with Crippen LogP contribution in [-0.4, -0.2) is 7.11 Å². The molecular formula is C14H22N2OS. The highest BCUT2D eigenvalue weighted by Gasteiger charge is 1.96. The lowest BCUT2D eigenvalue weighted by Gasteiger charge is -2.02. The fourth-order valence-corrected chi connectivity index (χ4v) is 1.71. The molecule has 0 aliphatic rings. The fraction of sp³-hybridized carbons (Fsp3) is 0.286. The molecule has 0 saturated heterocycles. The summed E-state index contributed by atoms with van der Waals surface area (Å²) >= 11 is 1.49. The van der Waals surface area contributed by atoms with Gasteiger partial charge in [0.05, 0.1) is 12.1 Å². The van der Waals surface area contributed by atoms with Crippen molar-refractivity contribution in [2.24, 2.45) is 11.5 Å². The van der Waals surface area contributed by atoms with Gasteiger partial charge in [0, 0.05) is 10.6 Å². The van der Waals surface area contributed by atoms with E-state index in [1.807, 2.05) is 45.0 Å². The van der Waals surface area contributed by atoms with E-state index in [0.29, 0.717) is 5.03 Å². The Morgan fingerprint density at radius 2 is 1.67 bits per heavy atom. The molecule has 0 amide bonds. The third kappa shape index (κ3) is 6.91. The first-order valence-electron chi connectivity index (χ1n) is 5.83. The maximum Gasteiger partial charge on any atom is 0.118 e. The molecule has 0 fully saturated rings. The standard InChI is InChI=1S/C12H16N2OS.C2H6/c1-9(13)3-8-12(14)16-11-6-4-10(15-2)5-7-11;1-2/h3-8H,13-14H2,1-2H3;1-2H3/b9-3-,12-8+;. The Hall–Kier alpha value is -1.55. The Balaban J connectivity index is 0.00000137. The van der Waals surface area contributed by atoms with Gasteiger partial charge in [0.25, 0.3) is 0 Å². The van der Waals surface area contributed by atoms with Crippen LogP contribution in [0.2, 0.25) is 0 Å². The second-order valence-electron chi connectivity index (χ2n) is 3.26. The molecule has 3 nitrogen and oxygen atoms in total. The van der Waals surface area contributed by atoms with Crippen LogP contribution in [0.3, 0.4) is 0 Å². The molecule has 0 radical (unpaired) electrons. The largest absolute Gasteiger partial charge is 0.497 e. The first-order chi connectivity index (χ1) is 8.61. The van der Waals surface area contributed by atoms with E-state index >= 15 is 0 Å². The van der Waals surface area contributed by atoms with Crippen molar-refractivity contribution in [3.8, 4) is 5.75 Å². The quantitative estimate of drug-likeness (QED) is 0.647. The van der Waals surface area contributed by atoms with Crippen LogP contribution in [0, 0.1) is 0 Å². The van der Waals surface area contributed by atoms with Gasteiger partial charge in [0.2, 0.25) is 0 Å². The van der Waals surface area contributed by atoms with E-state index in [-0.39, 0.29) is 0 Å². The summed E-state index contributed by atoms with van der Waals surface area (Å²) in [5, 5.41) is 0.704. The molecule has 1 aromatic rings. The van der Waals surface area contributed by atoms with E-state index in [0.717, 1.165) is 16.3 Å². The number of ether oxygens (including phenoxy) is 1. The number of thioether (sulfide) groups is 1. The van der Waals surface area contributed by atoms with E-state index in [1.54, 1.807) is 19.3 Å². The molecule has 18 heavy (non-hydrogen) atoms. The number of allylic oxidation sites excluding steroid dienone is 3. The van der Waals surface area contributed by atoms with E-state index in [1.165, 1.54) is 11.8 Å². The van der Waals surface area contributed by atoms with Crippen molar-refractivity contribution in [3.05, 3.63) is 47.1 Å². The first-order valence-corrected chi connectivity index (χ1v) is 6.65. The molecular weight excluding hydrogens is 244 g/mol. The third-order valence-corrected chi connectivity index (χ3v) is 2.69. The van der Waals surface area contributed by atoms with Crippen LogP contribution in [0.5, 0.6) is 5.75 Å². The molecule has 1 aromatic carbocycles. The van der Waals surface area contributed by atoms with Gasteiger partial charge in [0.1, 0.15) is 5.75 Å². The Morgan fingerprint density at radius 1 is 1.11 bits per heavy atom. The lowest BCUT2D eigenvalue weighted by atomic mass is 10.3. The normalized spacial score (nSPS) is 11.6. The molecule has 0 unspecified atom stereocenters. The molecule has 0 aromatic heterocycles. The molecule has 0 aliphatic heterocycles. The van der Waals surface area contributed by atoms with Crippen LogP contribution in [0.25, 0.3) is 0 Å². The molecule has 4 heteroatoms. The van der Waals surface area contributed by atoms with Crippen LogP contribution < -0.4 is 16.2 Å². The minimum absolute atomic E-state index is 0.704. The predicted octanol–water partition coefficient (Wildman–Crippen LogP) is 3.48. The summed E-state index contributed by atoms with van der Waals surface area (Å²) < 4.78 is 5.07. The highest BCUT2D eigenvalue weighted by atomic mass is 32.2. The van der Waals surface area contributed by atoms with E-state index in [2.05, 4.69) is 0 Å². The van der Waals surface area contributed by atoms with E-state index < -0.39 is 0 Å². The minimum atomic E-state index is 0.704. The summed E-state index contributed by atoms with van der Waals surface area (Å²) in [5.41, 5.74) is 12.1. The number of hydrogen-bond donors (Lipinski definition) is 2. The smallest absolute Gasteiger partial charge is 0.118 e. The molecule has 0 bridgehead atoms. The Morgan fingerprint density at radius 3 is 2.11 bits per heavy atom. The summed E-state index contributed by atoms with van der Waals surface area (Å²) in [5.74, 6) is 0.838. The zero-order valence-electron chi connectivity index (χ0n) is 11.4. The SMILES string of the molecule is CC.COc1ccc(S/C(N)=C/C=C(/C)N)cc1. The van der Waals surface area contributed by atoms with Crippen molar-refractivity contribution in [1.82, 2.24) is 0 Å². The second kappa shape index (κ2) is 9.48. The van der Waals surface area contributed by atoms with Crippen LogP contribution in [0.15, 0.2) is 52.0 Å². The molecule has 0 heterocycles. The van der Waals surface area contributed by atoms with Gasteiger partial charge < -0.3 is 16.2 Å². The highest BCUT2D eigenvalue weighted by molar-refractivity contribution is 8.03. The van der Waals surface area contributed by atoms with Gasteiger partial charge in [-0.2, -0.15) is 0 Å². The van der Waals surface area contributed by atoms with Gasteiger partial charge in [-0.1, -0.05) is 25.6 Å². The van der Waals surface area contributed by atoms with Crippen molar-refractivity contribution >= 4 is 11.8 Å². The van der Waals surface area contributed by atoms with Crippen LogP contribution in [-0.2, 0) is 0 Å². The monoisotopic (exact) mass is 266 g/mol. The summed E-state index contributed by atoms with van der Waals surface area (Å²) in [4.78, 5) is 1.07. The number of benzene rings is 1. The van der Waals surface area contributed by atoms with Gasteiger partial charge >= 0.3 is 0 Å². The lowest BCUT2D eigenvalue weighted by Crippen LogP contribution is -1.93. The zero-order valence-corrected chi connectivity index (χ0v) is 12.3. The summed E-state index contributed by atoms with van der Waals surface area (Å²) in [6.07, 6.45) is 3.58. The maximum atomic E-state index is 5.82.